The topological polar surface area (TPSA) is 35.5 Å². The van der Waals surface area contributed by atoms with Crippen LogP contribution < -0.4 is 10.2 Å². The quantitative estimate of drug-likeness (QED) is 0.884. The Morgan fingerprint density at radius 3 is 2.71 bits per heavy atom. The molecule has 3 heteroatoms. The highest BCUT2D eigenvalue weighted by molar-refractivity contribution is 5.58. The molecule has 0 saturated carbocycles. The predicted molar refractivity (Wildman–Crippen MR) is 86.3 cm³/mol. The molecule has 2 N–H and O–H groups in total. The number of nitrogens with one attached hydrogen (secondary N) is 1. The summed E-state index contributed by atoms with van der Waals surface area (Å²) in [5, 5.41) is 12.8. The molecular formula is C18H22N2O. The molecule has 0 spiro atoms. The van der Waals surface area contributed by atoms with E-state index in [0.717, 1.165) is 31.6 Å². The van der Waals surface area contributed by atoms with Crippen molar-refractivity contribution in [3.8, 4) is 0 Å². The zero-order chi connectivity index (χ0) is 14.7. The largest absolute Gasteiger partial charge is 0.392 e. The molecule has 0 fully saturated rings. The van der Waals surface area contributed by atoms with Crippen LogP contribution in [-0.4, -0.2) is 18.7 Å². The van der Waals surface area contributed by atoms with Crippen LogP contribution in [-0.2, 0) is 26.1 Å². The first-order valence-electron chi connectivity index (χ1n) is 7.49. The van der Waals surface area contributed by atoms with Crippen molar-refractivity contribution < 1.29 is 5.11 Å². The van der Waals surface area contributed by atoms with E-state index in [2.05, 4.69) is 41.5 Å². The minimum atomic E-state index is 0.100. The van der Waals surface area contributed by atoms with E-state index >= 15 is 0 Å². The lowest BCUT2D eigenvalue weighted by Crippen LogP contribution is -2.14. The molecule has 21 heavy (non-hydrogen) atoms. The smallest absolute Gasteiger partial charge is 0.0685 e. The van der Waals surface area contributed by atoms with Crippen molar-refractivity contribution in [1.82, 2.24) is 5.32 Å². The van der Waals surface area contributed by atoms with E-state index in [4.69, 9.17) is 0 Å². The highest BCUT2D eigenvalue weighted by atomic mass is 16.3. The van der Waals surface area contributed by atoms with Crippen molar-refractivity contribution >= 4 is 5.69 Å². The van der Waals surface area contributed by atoms with Gasteiger partial charge in [0.05, 0.1) is 6.61 Å². The number of aliphatic hydroxyl groups is 1. The molecule has 2 aromatic rings. The van der Waals surface area contributed by atoms with Gasteiger partial charge in [-0.1, -0.05) is 36.4 Å². The second kappa shape index (κ2) is 6.29. The van der Waals surface area contributed by atoms with Gasteiger partial charge in [0.2, 0.25) is 0 Å². The average molecular weight is 282 g/mol. The fourth-order valence-corrected chi connectivity index (χ4v) is 2.96. The van der Waals surface area contributed by atoms with Crippen LogP contribution in [0, 0.1) is 0 Å². The van der Waals surface area contributed by atoms with E-state index in [-0.39, 0.29) is 6.61 Å². The number of fused-ring (bicyclic) bond motifs is 1. The standard InChI is InChI=1S/C18H22N2O/c1-20-9-8-15-10-14(6-7-18(15)20)11-19-12-16-4-2-3-5-17(16)13-21/h2-7,10,19,21H,8-9,11-13H2,1H3. The van der Waals surface area contributed by atoms with Crippen LogP contribution in [0.3, 0.4) is 0 Å². The molecule has 0 bridgehead atoms. The Kier molecular flexibility index (Phi) is 4.23. The van der Waals surface area contributed by atoms with Gasteiger partial charge in [0, 0.05) is 32.4 Å². The third-order valence-corrected chi connectivity index (χ3v) is 4.21. The third-order valence-electron chi connectivity index (χ3n) is 4.21. The van der Waals surface area contributed by atoms with Crippen molar-refractivity contribution in [1.29, 1.82) is 0 Å². The van der Waals surface area contributed by atoms with Crippen LogP contribution >= 0.6 is 0 Å². The number of benzene rings is 2. The summed E-state index contributed by atoms with van der Waals surface area (Å²) in [5.74, 6) is 0. The minimum Gasteiger partial charge on any atom is -0.392 e. The maximum atomic E-state index is 9.33. The SMILES string of the molecule is CN1CCc2cc(CNCc3ccccc3CO)ccc21. The number of anilines is 1. The number of hydrogen-bond donors (Lipinski definition) is 2. The van der Waals surface area contributed by atoms with Gasteiger partial charge in [-0.25, -0.2) is 0 Å². The fourth-order valence-electron chi connectivity index (χ4n) is 2.96. The van der Waals surface area contributed by atoms with Gasteiger partial charge < -0.3 is 15.3 Å². The van der Waals surface area contributed by atoms with Crippen molar-refractivity contribution in [2.24, 2.45) is 0 Å². The van der Waals surface area contributed by atoms with Gasteiger partial charge in [0.1, 0.15) is 0 Å². The minimum absolute atomic E-state index is 0.100. The molecule has 3 rings (SSSR count). The van der Waals surface area contributed by atoms with Gasteiger partial charge in [-0.05, 0) is 34.7 Å². The number of likely N-dealkylation sites (N-methyl/N-ethyl adjacent to an activating group) is 1. The van der Waals surface area contributed by atoms with Crippen molar-refractivity contribution in [2.45, 2.75) is 26.1 Å². The van der Waals surface area contributed by atoms with E-state index in [9.17, 15) is 5.11 Å². The van der Waals surface area contributed by atoms with Crippen LogP contribution in [0.2, 0.25) is 0 Å². The highest BCUT2D eigenvalue weighted by Gasteiger charge is 2.15. The zero-order valence-electron chi connectivity index (χ0n) is 12.5. The lowest BCUT2D eigenvalue weighted by molar-refractivity contribution is 0.280. The first-order valence-corrected chi connectivity index (χ1v) is 7.49. The molecule has 0 unspecified atom stereocenters. The summed E-state index contributed by atoms with van der Waals surface area (Å²) in [6.45, 7) is 2.86. The zero-order valence-corrected chi connectivity index (χ0v) is 12.5. The molecular weight excluding hydrogens is 260 g/mol. The van der Waals surface area contributed by atoms with Gasteiger partial charge in [-0.2, -0.15) is 0 Å². The molecule has 3 nitrogen and oxygen atoms in total. The Morgan fingerprint density at radius 1 is 1.10 bits per heavy atom. The third kappa shape index (κ3) is 3.09. The van der Waals surface area contributed by atoms with Crippen LogP contribution in [0.1, 0.15) is 22.3 Å². The maximum absolute atomic E-state index is 9.33. The first kappa shape index (κ1) is 14.1. The van der Waals surface area contributed by atoms with Gasteiger partial charge in [0.15, 0.2) is 0 Å². The fraction of sp³-hybridized carbons (Fsp3) is 0.333. The highest BCUT2D eigenvalue weighted by Crippen LogP contribution is 2.27. The molecule has 1 aliphatic heterocycles. The summed E-state index contributed by atoms with van der Waals surface area (Å²) in [5.41, 5.74) is 6.31. The molecule has 0 saturated heterocycles. The second-order valence-electron chi connectivity index (χ2n) is 5.66. The molecule has 0 amide bonds. The van der Waals surface area contributed by atoms with Gasteiger partial charge >= 0.3 is 0 Å². The Balaban J connectivity index is 1.61. The lowest BCUT2D eigenvalue weighted by atomic mass is 10.1. The molecule has 0 radical (unpaired) electrons. The molecule has 1 aliphatic rings. The summed E-state index contributed by atoms with van der Waals surface area (Å²) in [6, 6.07) is 14.8. The average Bonchev–Trinajstić information content (AvgIpc) is 2.89. The van der Waals surface area contributed by atoms with Gasteiger partial charge in [0.25, 0.3) is 0 Å². The molecule has 0 aromatic heterocycles. The molecule has 110 valence electrons. The van der Waals surface area contributed by atoms with Crippen LogP contribution in [0.25, 0.3) is 0 Å². The van der Waals surface area contributed by atoms with E-state index in [1.54, 1.807) is 0 Å². The Morgan fingerprint density at radius 2 is 1.90 bits per heavy atom. The summed E-state index contributed by atoms with van der Waals surface area (Å²) in [6.07, 6.45) is 1.15. The normalized spacial score (nSPS) is 13.5. The summed E-state index contributed by atoms with van der Waals surface area (Å²) in [7, 11) is 2.15. The molecule has 2 aromatic carbocycles. The maximum Gasteiger partial charge on any atom is 0.0685 e. The summed E-state index contributed by atoms with van der Waals surface area (Å²) in [4.78, 5) is 2.31. The molecule has 1 heterocycles. The number of nitrogens with zero attached hydrogens (tertiary/aromatic N) is 1. The summed E-state index contributed by atoms with van der Waals surface area (Å²) < 4.78 is 0. The number of rotatable bonds is 5. The van der Waals surface area contributed by atoms with Gasteiger partial charge in [-0.15, -0.1) is 0 Å². The van der Waals surface area contributed by atoms with Crippen molar-refractivity contribution in [3.63, 3.8) is 0 Å². The second-order valence-corrected chi connectivity index (χ2v) is 5.66. The van der Waals surface area contributed by atoms with Crippen molar-refractivity contribution in [3.05, 3.63) is 64.7 Å². The van der Waals surface area contributed by atoms with Crippen molar-refractivity contribution in [2.75, 3.05) is 18.5 Å². The van der Waals surface area contributed by atoms with Crippen LogP contribution in [0.4, 0.5) is 5.69 Å². The van der Waals surface area contributed by atoms with E-state index in [0.29, 0.717) is 0 Å². The van der Waals surface area contributed by atoms with E-state index in [1.807, 2.05) is 18.2 Å². The predicted octanol–water partition coefficient (Wildman–Crippen LogP) is 2.46. The Bertz CT molecular complexity index is 624. The lowest BCUT2D eigenvalue weighted by Gasteiger charge is -2.13. The Labute approximate surface area is 126 Å². The van der Waals surface area contributed by atoms with E-state index in [1.165, 1.54) is 22.4 Å². The number of aliphatic hydroxyl groups excluding tert-OH is 1. The first-order chi connectivity index (χ1) is 10.3. The van der Waals surface area contributed by atoms with Crippen LogP contribution in [0.15, 0.2) is 42.5 Å². The van der Waals surface area contributed by atoms with Gasteiger partial charge in [-0.3, -0.25) is 0 Å². The monoisotopic (exact) mass is 282 g/mol. The summed E-state index contributed by atoms with van der Waals surface area (Å²) >= 11 is 0. The molecule has 0 atom stereocenters. The Hall–Kier alpha value is -1.84. The van der Waals surface area contributed by atoms with Crippen LogP contribution in [0.5, 0.6) is 0 Å². The molecule has 0 aliphatic carbocycles. The van der Waals surface area contributed by atoms with E-state index < -0.39 is 0 Å². The number of hydrogen-bond acceptors (Lipinski definition) is 3.